The van der Waals surface area contributed by atoms with E-state index >= 15 is 0 Å². The van der Waals surface area contributed by atoms with Crippen LogP contribution in [0.1, 0.15) is 20.8 Å². The molecule has 1 fully saturated rings. The summed E-state index contributed by atoms with van der Waals surface area (Å²) in [5.41, 5.74) is 0.0830. The molecule has 6 nitrogen and oxygen atoms in total. The molecule has 1 aliphatic heterocycles. The SMILES string of the molecule is CC(C)(C)OC(=O)Nc1ccccc1OCCN1CCOCC1. The molecule has 0 atom stereocenters. The third kappa shape index (κ3) is 6.46. The fraction of sp³-hybridized carbons (Fsp3) is 0.588. The molecule has 0 aliphatic carbocycles. The maximum absolute atomic E-state index is 11.9. The molecular weight excluding hydrogens is 296 g/mol. The molecule has 23 heavy (non-hydrogen) atoms. The standard InChI is InChI=1S/C17H26N2O4/c1-17(2,3)23-16(20)18-14-6-4-5-7-15(14)22-13-10-19-8-11-21-12-9-19/h4-7H,8-13H2,1-3H3,(H,18,20). The van der Waals surface area contributed by atoms with Gasteiger partial charge in [-0.2, -0.15) is 0 Å². The number of amides is 1. The van der Waals surface area contributed by atoms with Crippen molar-refractivity contribution in [2.45, 2.75) is 26.4 Å². The van der Waals surface area contributed by atoms with Gasteiger partial charge in [0.2, 0.25) is 0 Å². The summed E-state index contributed by atoms with van der Waals surface area (Å²) in [5, 5.41) is 2.74. The van der Waals surface area contributed by atoms with E-state index in [2.05, 4.69) is 10.2 Å². The number of benzene rings is 1. The number of carbonyl (C=O) groups is 1. The van der Waals surface area contributed by atoms with Crippen LogP contribution in [0.2, 0.25) is 0 Å². The summed E-state index contributed by atoms with van der Waals surface area (Å²) in [6.45, 7) is 10.3. The number of hydrogen-bond donors (Lipinski definition) is 1. The fourth-order valence-electron chi connectivity index (χ4n) is 2.22. The first-order valence-corrected chi connectivity index (χ1v) is 7.96. The van der Waals surface area contributed by atoms with Gasteiger partial charge in [0, 0.05) is 19.6 Å². The normalized spacial score (nSPS) is 16.0. The van der Waals surface area contributed by atoms with Crippen molar-refractivity contribution in [1.82, 2.24) is 4.90 Å². The van der Waals surface area contributed by atoms with E-state index in [9.17, 15) is 4.79 Å². The summed E-state index contributed by atoms with van der Waals surface area (Å²) >= 11 is 0. The molecule has 0 aromatic heterocycles. The average molecular weight is 322 g/mol. The maximum atomic E-state index is 11.9. The lowest BCUT2D eigenvalue weighted by molar-refractivity contribution is 0.0322. The molecule has 1 heterocycles. The van der Waals surface area contributed by atoms with Crippen LogP contribution in [0.4, 0.5) is 10.5 Å². The molecule has 0 saturated carbocycles. The van der Waals surface area contributed by atoms with E-state index in [-0.39, 0.29) is 0 Å². The van der Waals surface area contributed by atoms with Gasteiger partial charge in [-0.3, -0.25) is 10.2 Å². The lowest BCUT2D eigenvalue weighted by Crippen LogP contribution is -2.38. The number of morpholine rings is 1. The monoisotopic (exact) mass is 322 g/mol. The van der Waals surface area contributed by atoms with Crippen molar-refractivity contribution in [2.75, 3.05) is 44.8 Å². The Labute approximate surface area is 137 Å². The Morgan fingerprint density at radius 1 is 1.26 bits per heavy atom. The quantitative estimate of drug-likeness (QED) is 0.903. The van der Waals surface area contributed by atoms with Crippen LogP contribution < -0.4 is 10.1 Å². The molecule has 0 spiro atoms. The van der Waals surface area contributed by atoms with Crippen LogP contribution in [0.5, 0.6) is 5.75 Å². The second-order valence-corrected chi connectivity index (χ2v) is 6.43. The van der Waals surface area contributed by atoms with Gasteiger partial charge in [0.05, 0.1) is 18.9 Å². The number of nitrogens with one attached hydrogen (secondary N) is 1. The summed E-state index contributed by atoms with van der Waals surface area (Å²) < 4.78 is 16.4. The van der Waals surface area contributed by atoms with Crippen molar-refractivity contribution in [3.05, 3.63) is 24.3 Å². The van der Waals surface area contributed by atoms with E-state index < -0.39 is 11.7 Å². The lowest BCUT2D eigenvalue weighted by atomic mass is 10.2. The second kappa shape index (κ2) is 8.17. The van der Waals surface area contributed by atoms with E-state index in [0.29, 0.717) is 18.0 Å². The Hall–Kier alpha value is -1.79. The minimum absolute atomic E-state index is 0.485. The smallest absolute Gasteiger partial charge is 0.412 e. The predicted molar refractivity (Wildman–Crippen MR) is 89.1 cm³/mol. The number of rotatable bonds is 5. The van der Waals surface area contributed by atoms with Gasteiger partial charge >= 0.3 is 6.09 Å². The largest absolute Gasteiger partial charge is 0.490 e. The first-order valence-electron chi connectivity index (χ1n) is 7.96. The van der Waals surface area contributed by atoms with Crippen LogP contribution >= 0.6 is 0 Å². The van der Waals surface area contributed by atoms with Crippen molar-refractivity contribution in [3.63, 3.8) is 0 Å². The Morgan fingerprint density at radius 3 is 2.65 bits per heavy atom. The molecule has 1 N–H and O–H groups in total. The van der Waals surface area contributed by atoms with E-state index in [1.165, 1.54) is 0 Å². The van der Waals surface area contributed by atoms with Crippen LogP contribution in [-0.2, 0) is 9.47 Å². The highest BCUT2D eigenvalue weighted by Gasteiger charge is 2.17. The summed E-state index contributed by atoms with van der Waals surface area (Å²) in [5.74, 6) is 0.645. The van der Waals surface area contributed by atoms with E-state index in [4.69, 9.17) is 14.2 Å². The van der Waals surface area contributed by atoms with Crippen LogP contribution in [-0.4, -0.2) is 56.0 Å². The summed E-state index contributed by atoms with van der Waals surface area (Å²) in [6.07, 6.45) is -0.485. The summed E-state index contributed by atoms with van der Waals surface area (Å²) in [6, 6.07) is 7.37. The zero-order valence-electron chi connectivity index (χ0n) is 14.1. The number of carbonyl (C=O) groups excluding carboxylic acids is 1. The number of para-hydroxylation sites is 2. The molecule has 0 unspecified atom stereocenters. The molecule has 1 saturated heterocycles. The van der Waals surface area contributed by atoms with Crippen molar-refractivity contribution in [2.24, 2.45) is 0 Å². The zero-order chi connectivity index (χ0) is 16.7. The Bertz CT molecular complexity index is 508. The van der Waals surface area contributed by atoms with E-state index in [1.807, 2.05) is 39.0 Å². The van der Waals surface area contributed by atoms with Crippen molar-refractivity contribution in [1.29, 1.82) is 0 Å². The minimum atomic E-state index is -0.532. The van der Waals surface area contributed by atoms with Crippen LogP contribution in [0.15, 0.2) is 24.3 Å². The van der Waals surface area contributed by atoms with Crippen molar-refractivity contribution < 1.29 is 19.0 Å². The zero-order valence-corrected chi connectivity index (χ0v) is 14.1. The van der Waals surface area contributed by atoms with Gasteiger partial charge in [-0.25, -0.2) is 4.79 Å². The predicted octanol–water partition coefficient (Wildman–Crippen LogP) is 2.74. The second-order valence-electron chi connectivity index (χ2n) is 6.43. The highest BCUT2D eigenvalue weighted by atomic mass is 16.6. The highest BCUT2D eigenvalue weighted by molar-refractivity contribution is 5.86. The average Bonchev–Trinajstić information content (AvgIpc) is 2.48. The van der Waals surface area contributed by atoms with Crippen LogP contribution in [0.3, 0.4) is 0 Å². The Balaban J connectivity index is 1.85. The molecule has 128 valence electrons. The third-order valence-electron chi connectivity index (χ3n) is 3.29. The van der Waals surface area contributed by atoms with Gasteiger partial charge in [-0.05, 0) is 32.9 Å². The highest BCUT2D eigenvalue weighted by Crippen LogP contribution is 2.24. The molecule has 1 aromatic carbocycles. The maximum Gasteiger partial charge on any atom is 0.412 e. The third-order valence-corrected chi connectivity index (χ3v) is 3.29. The van der Waals surface area contributed by atoms with Gasteiger partial charge < -0.3 is 14.2 Å². The molecule has 1 aliphatic rings. The number of anilines is 1. The molecule has 0 radical (unpaired) electrons. The number of nitrogens with zero attached hydrogens (tertiary/aromatic N) is 1. The molecule has 1 amide bonds. The lowest BCUT2D eigenvalue weighted by Gasteiger charge is -2.26. The molecule has 6 heteroatoms. The Kier molecular flexibility index (Phi) is 6.24. The first kappa shape index (κ1) is 17.6. The summed E-state index contributed by atoms with van der Waals surface area (Å²) in [7, 11) is 0. The molecule has 0 bridgehead atoms. The van der Waals surface area contributed by atoms with Crippen molar-refractivity contribution in [3.8, 4) is 5.75 Å². The van der Waals surface area contributed by atoms with Gasteiger partial charge in [0.25, 0.3) is 0 Å². The fourth-order valence-corrected chi connectivity index (χ4v) is 2.22. The molecular formula is C17H26N2O4. The topological polar surface area (TPSA) is 60.0 Å². The minimum Gasteiger partial charge on any atom is -0.490 e. The van der Waals surface area contributed by atoms with Gasteiger partial charge in [0.15, 0.2) is 0 Å². The number of hydrogen-bond acceptors (Lipinski definition) is 5. The first-order chi connectivity index (χ1) is 10.9. The summed E-state index contributed by atoms with van der Waals surface area (Å²) in [4.78, 5) is 14.2. The Morgan fingerprint density at radius 2 is 1.96 bits per heavy atom. The van der Waals surface area contributed by atoms with Crippen molar-refractivity contribution >= 4 is 11.8 Å². The van der Waals surface area contributed by atoms with E-state index in [0.717, 1.165) is 32.8 Å². The molecule has 2 rings (SSSR count). The van der Waals surface area contributed by atoms with Gasteiger partial charge in [-0.15, -0.1) is 0 Å². The number of ether oxygens (including phenoxy) is 3. The van der Waals surface area contributed by atoms with E-state index in [1.54, 1.807) is 6.07 Å². The van der Waals surface area contributed by atoms with Crippen LogP contribution in [0.25, 0.3) is 0 Å². The van der Waals surface area contributed by atoms with Gasteiger partial charge in [-0.1, -0.05) is 12.1 Å². The van der Waals surface area contributed by atoms with Gasteiger partial charge in [0.1, 0.15) is 18.0 Å². The van der Waals surface area contributed by atoms with Crippen LogP contribution in [0, 0.1) is 0 Å². The molecule has 1 aromatic rings.